The molecule has 0 fully saturated rings. The van der Waals surface area contributed by atoms with Crippen LogP contribution >= 0.6 is 0 Å². The Kier molecular flexibility index (Phi) is 15.4. The normalized spacial score (nSPS) is 11.6. The second-order valence-corrected chi connectivity index (χ2v) is 9.41. The van der Waals surface area contributed by atoms with Gasteiger partial charge < -0.3 is 14.6 Å². The van der Waals surface area contributed by atoms with Gasteiger partial charge in [0, 0.05) is 0 Å². The first kappa shape index (κ1) is 31.7. The van der Waals surface area contributed by atoms with Crippen LogP contribution in [-0.2, 0) is 14.9 Å². The number of carbonyl (C=O) groups excluding carboxylic acids is 2. The molecule has 0 aliphatic carbocycles. The van der Waals surface area contributed by atoms with Gasteiger partial charge in [-0.3, -0.25) is 4.55 Å². The van der Waals surface area contributed by atoms with Crippen LogP contribution in [0.5, 0.6) is 0 Å². The number of carbonyl (C=O) groups is 2. The van der Waals surface area contributed by atoms with Crippen molar-refractivity contribution in [3.63, 3.8) is 0 Å². The van der Waals surface area contributed by atoms with Crippen molar-refractivity contribution in [2.75, 3.05) is 0 Å². The number of rotatable bonds is 15. The molecule has 0 bridgehead atoms. The van der Waals surface area contributed by atoms with Crippen LogP contribution in [-0.4, -0.2) is 30.5 Å². The molecule has 0 spiro atoms. The molecule has 0 aliphatic heterocycles. The molecule has 32 heavy (non-hydrogen) atoms. The van der Waals surface area contributed by atoms with E-state index in [1.165, 1.54) is 0 Å². The van der Waals surface area contributed by atoms with Gasteiger partial charge in [-0.05, 0) is 49.8 Å². The summed E-state index contributed by atoms with van der Waals surface area (Å²) in [5.41, 5.74) is -1.57. The van der Waals surface area contributed by atoms with Gasteiger partial charge in [0.15, 0.2) is 0 Å². The van der Waals surface area contributed by atoms with Crippen molar-refractivity contribution in [2.24, 2.45) is 0 Å². The van der Waals surface area contributed by atoms with Crippen molar-refractivity contribution < 1.29 is 83.8 Å². The van der Waals surface area contributed by atoms with Crippen molar-refractivity contribution in [1.82, 2.24) is 0 Å². The first-order chi connectivity index (χ1) is 14.6. The van der Waals surface area contributed by atoms with E-state index in [4.69, 9.17) is 4.74 Å². The van der Waals surface area contributed by atoms with Gasteiger partial charge in [-0.2, -0.15) is 8.42 Å². The molecule has 0 atom stereocenters. The largest absolute Gasteiger partial charge is 1.00 e. The summed E-state index contributed by atoms with van der Waals surface area (Å²) in [7, 11) is -4.84. The minimum absolute atomic E-state index is 0. The van der Waals surface area contributed by atoms with Gasteiger partial charge in [0.2, 0.25) is 0 Å². The Bertz CT molecular complexity index is 825. The zero-order chi connectivity index (χ0) is 23.5. The number of carboxylic acid groups (broad SMARTS) is 1. The van der Waals surface area contributed by atoms with Gasteiger partial charge in [0.05, 0.1) is 11.5 Å². The minimum Gasteiger partial charge on any atom is -0.545 e. The second kappa shape index (κ2) is 15.6. The molecule has 0 saturated carbocycles. The van der Waals surface area contributed by atoms with Crippen molar-refractivity contribution in [1.29, 1.82) is 0 Å². The average molecular weight is 495 g/mol. The molecule has 0 amide bonds. The predicted molar refractivity (Wildman–Crippen MR) is 117 cm³/mol. The van der Waals surface area contributed by atoms with Crippen molar-refractivity contribution in [3.8, 4) is 0 Å². The van der Waals surface area contributed by atoms with Gasteiger partial charge in [-0.25, -0.2) is 4.79 Å². The third-order valence-electron chi connectivity index (χ3n) is 5.64. The van der Waals surface area contributed by atoms with Crippen LogP contribution in [0.2, 0.25) is 0 Å². The molecule has 0 aliphatic rings. The molecule has 0 aromatic heterocycles. The molecule has 1 aromatic carbocycles. The van der Waals surface area contributed by atoms with Gasteiger partial charge in [-0.15, -0.1) is 0 Å². The van der Waals surface area contributed by atoms with Crippen LogP contribution in [0.25, 0.3) is 0 Å². The van der Waals surface area contributed by atoms with E-state index in [1.807, 2.05) is 6.92 Å². The average Bonchev–Trinajstić information content (AvgIpc) is 2.72. The van der Waals surface area contributed by atoms with E-state index in [0.717, 1.165) is 69.6 Å². The number of carboxylic acids is 1. The Morgan fingerprint density at radius 1 is 0.969 bits per heavy atom. The standard InChI is InChI=1S/C23H36O7S.K/c1-4-7-9-11-15-23(6-3,16-12-10-8-5-2)30-22(26)19-14-13-18(21(24)25)17-20(19)31(27,28)29;/h13-14,17H,4-12,15-16H2,1-3H3,(H,24,25)(H,27,28,29);/q;+1/p-1. The molecule has 0 unspecified atom stereocenters. The number of benzene rings is 1. The first-order valence-electron chi connectivity index (χ1n) is 11.2. The third-order valence-corrected chi connectivity index (χ3v) is 6.53. The maximum atomic E-state index is 13.0. The molecule has 1 aromatic rings. The van der Waals surface area contributed by atoms with E-state index < -0.39 is 38.1 Å². The van der Waals surface area contributed by atoms with Crippen LogP contribution in [0, 0.1) is 0 Å². The second-order valence-electron chi connectivity index (χ2n) is 8.02. The molecular weight excluding hydrogens is 459 g/mol. The van der Waals surface area contributed by atoms with Crippen molar-refractivity contribution >= 4 is 22.1 Å². The van der Waals surface area contributed by atoms with Gasteiger partial charge in [0.1, 0.15) is 10.5 Å². The van der Waals surface area contributed by atoms with Crippen molar-refractivity contribution in [2.45, 2.75) is 102 Å². The summed E-state index contributed by atoms with van der Waals surface area (Å²) >= 11 is 0. The number of hydrogen-bond acceptors (Lipinski definition) is 6. The Balaban J connectivity index is 0.00000961. The molecule has 9 heteroatoms. The SMILES string of the molecule is CCCCCCC(CC)(CCCCCC)OC(=O)c1ccc(C(=O)[O-])cc1S(=O)(=O)O.[K+]. The summed E-state index contributed by atoms with van der Waals surface area (Å²) in [6.45, 7) is 6.17. The fourth-order valence-electron chi connectivity index (χ4n) is 3.68. The Hall–Kier alpha value is -0.294. The van der Waals surface area contributed by atoms with Crippen molar-refractivity contribution in [3.05, 3.63) is 29.3 Å². The van der Waals surface area contributed by atoms with E-state index in [-0.39, 0.29) is 56.9 Å². The minimum atomic E-state index is -4.84. The van der Waals surface area contributed by atoms with E-state index in [9.17, 15) is 27.7 Å². The summed E-state index contributed by atoms with van der Waals surface area (Å²) in [6, 6.07) is 2.83. The number of hydrogen-bond donors (Lipinski definition) is 1. The van der Waals surface area contributed by atoms with Crippen LogP contribution < -0.4 is 56.5 Å². The van der Waals surface area contributed by atoms with E-state index in [1.54, 1.807) is 0 Å². The van der Waals surface area contributed by atoms with Crippen LogP contribution in [0.15, 0.2) is 23.1 Å². The number of ether oxygens (including phenoxy) is 1. The number of unbranched alkanes of at least 4 members (excludes halogenated alkanes) is 6. The zero-order valence-electron chi connectivity index (χ0n) is 19.8. The Morgan fingerprint density at radius 3 is 1.91 bits per heavy atom. The molecule has 7 nitrogen and oxygen atoms in total. The predicted octanol–water partition coefficient (Wildman–Crippen LogP) is 1.55. The van der Waals surface area contributed by atoms with Crippen LogP contribution in [0.1, 0.15) is 112 Å². The van der Waals surface area contributed by atoms with Gasteiger partial charge >= 0.3 is 57.4 Å². The summed E-state index contributed by atoms with van der Waals surface area (Å²) in [5, 5.41) is 11.1. The van der Waals surface area contributed by atoms with E-state index >= 15 is 0 Å². The molecule has 0 radical (unpaired) electrons. The quantitative estimate of drug-likeness (QED) is 0.170. The maximum absolute atomic E-state index is 13.0. The fourth-order valence-corrected chi connectivity index (χ4v) is 4.39. The summed E-state index contributed by atoms with van der Waals surface area (Å²) in [6.07, 6.45) is 10.0. The fraction of sp³-hybridized carbons (Fsp3) is 0.652. The Labute approximate surface area is 234 Å². The molecule has 1 rings (SSSR count). The molecule has 176 valence electrons. The zero-order valence-corrected chi connectivity index (χ0v) is 23.8. The number of aromatic carboxylic acids is 1. The maximum Gasteiger partial charge on any atom is 1.00 e. The molecule has 1 N–H and O–H groups in total. The summed E-state index contributed by atoms with van der Waals surface area (Å²) in [5.74, 6) is -2.50. The van der Waals surface area contributed by atoms with Crippen LogP contribution in [0.3, 0.4) is 0 Å². The Morgan fingerprint density at radius 2 is 1.50 bits per heavy atom. The van der Waals surface area contributed by atoms with E-state index in [0.29, 0.717) is 19.3 Å². The number of esters is 1. The molecule has 0 heterocycles. The first-order valence-corrected chi connectivity index (χ1v) is 12.6. The molecule has 0 saturated heterocycles. The molecular formula is C23H35KO7S. The summed E-state index contributed by atoms with van der Waals surface area (Å²) in [4.78, 5) is 23.3. The van der Waals surface area contributed by atoms with E-state index in [2.05, 4.69) is 13.8 Å². The van der Waals surface area contributed by atoms with Gasteiger partial charge in [-0.1, -0.05) is 65.4 Å². The smallest absolute Gasteiger partial charge is 0.545 e. The van der Waals surface area contributed by atoms with Gasteiger partial charge in [0.25, 0.3) is 10.1 Å². The van der Waals surface area contributed by atoms with Crippen LogP contribution in [0.4, 0.5) is 0 Å². The summed E-state index contributed by atoms with van der Waals surface area (Å²) < 4.78 is 39.0. The topological polar surface area (TPSA) is 121 Å². The third kappa shape index (κ3) is 10.3. The monoisotopic (exact) mass is 494 g/mol.